The summed E-state index contributed by atoms with van der Waals surface area (Å²) in [6, 6.07) is 5.08. The number of likely N-dealkylation sites (N-methyl/N-ethyl adjacent to an activating group) is 1. The minimum absolute atomic E-state index is 0.251. The molecule has 0 radical (unpaired) electrons. The molecule has 0 aliphatic heterocycles. The number of aromatic nitrogens is 2. The molecule has 1 aromatic carbocycles. The molecule has 80 valence electrons. The Bertz CT molecular complexity index is 476. The van der Waals surface area contributed by atoms with Crippen molar-refractivity contribution in [2.24, 2.45) is 7.05 Å². The second kappa shape index (κ2) is 3.98. The van der Waals surface area contributed by atoms with Gasteiger partial charge in [0.05, 0.1) is 0 Å². The van der Waals surface area contributed by atoms with Crippen LogP contribution >= 0.6 is 0 Å². The summed E-state index contributed by atoms with van der Waals surface area (Å²) in [5, 5.41) is 8.17. The maximum absolute atomic E-state index is 13.4. The minimum atomic E-state index is -0.251. The van der Waals surface area contributed by atoms with Gasteiger partial charge in [-0.2, -0.15) is 5.10 Å². The molecular weight excluding hydrogens is 193 g/mol. The van der Waals surface area contributed by atoms with Gasteiger partial charge >= 0.3 is 0 Å². The van der Waals surface area contributed by atoms with E-state index in [9.17, 15) is 4.39 Å². The van der Waals surface area contributed by atoms with Gasteiger partial charge < -0.3 is 5.32 Å². The molecule has 0 saturated heterocycles. The normalized spacial score (nSPS) is 11.1. The van der Waals surface area contributed by atoms with Crippen molar-refractivity contribution in [1.29, 1.82) is 0 Å². The molecule has 2 rings (SSSR count). The molecule has 0 bridgehead atoms. The van der Waals surface area contributed by atoms with Gasteiger partial charge in [0, 0.05) is 31.1 Å². The highest BCUT2D eigenvalue weighted by Crippen LogP contribution is 2.20. The number of fused-ring (bicyclic) bond motifs is 1. The first kappa shape index (κ1) is 10.1. The summed E-state index contributed by atoms with van der Waals surface area (Å²) >= 11 is 0. The van der Waals surface area contributed by atoms with Crippen molar-refractivity contribution in [1.82, 2.24) is 15.1 Å². The standard InChI is InChI=1S/C11H14FN3/c1-13-7-6-10-8-4-3-5-9(12)11(8)14-15(10)2/h3-5,13H,6-7H2,1-2H3. The Labute approximate surface area is 87.9 Å². The quantitative estimate of drug-likeness (QED) is 0.826. The summed E-state index contributed by atoms with van der Waals surface area (Å²) in [6.45, 7) is 0.866. The van der Waals surface area contributed by atoms with Gasteiger partial charge in [-0.25, -0.2) is 4.39 Å². The van der Waals surface area contributed by atoms with Crippen molar-refractivity contribution in [3.05, 3.63) is 29.7 Å². The minimum Gasteiger partial charge on any atom is -0.319 e. The fourth-order valence-corrected chi connectivity index (χ4v) is 1.77. The topological polar surface area (TPSA) is 29.9 Å². The number of nitrogens with one attached hydrogen (secondary N) is 1. The summed E-state index contributed by atoms with van der Waals surface area (Å²) in [7, 11) is 3.75. The molecule has 3 nitrogen and oxygen atoms in total. The van der Waals surface area contributed by atoms with Gasteiger partial charge in [0.15, 0.2) is 5.82 Å². The van der Waals surface area contributed by atoms with Crippen molar-refractivity contribution in [2.45, 2.75) is 6.42 Å². The monoisotopic (exact) mass is 207 g/mol. The van der Waals surface area contributed by atoms with E-state index in [1.54, 1.807) is 10.7 Å². The molecular formula is C11H14FN3. The molecule has 1 heterocycles. The Kier molecular flexibility index (Phi) is 2.68. The van der Waals surface area contributed by atoms with Crippen LogP contribution in [0.5, 0.6) is 0 Å². The maximum atomic E-state index is 13.4. The van der Waals surface area contributed by atoms with Crippen LogP contribution in [0.15, 0.2) is 18.2 Å². The SMILES string of the molecule is CNCCc1c2cccc(F)c2nn1C. The molecule has 0 amide bonds. The summed E-state index contributed by atoms with van der Waals surface area (Å²) in [6.07, 6.45) is 0.854. The lowest BCUT2D eigenvalue weighted by molar-refractivity contribution is 0.630. The molecule has 4 heteroatoms. The van der Waals surface area contributed by atoms with Gasteiger partial charge in [-0.3, -0.25) is 4.68 Å². The molecule has 2 aromatic rings. The van der Waals surface area contributed by atoms with Crippen molar-refractivity contribution in [3.63, 3.8) is 0 Å². The van der Waals surface area contributed by atoms with Crippen molar-refractivity contribution >= 4 is 10.9 Å². The molecule has 0 saturated carbocycles. The van der Waals surface area contributed by atoms with E-state index in [0.29, 0.717) is 5.52 Å². The Morgan fingerprint density at radius 1 is 1.47 bits per heavy atom. The first-order valence-electron chi connectivity index (χ1n) is 4.98. The average molecular weight is 207 g/mol. The molecule has 15 heavy (non-hydrogen) atoms. The molecule has 0 unspecified atom stereocenters. The van der Waals surface area contributed by atoms with Crippen LogP contribution in [0.4, 0.5) is 4.39 Å². The van der Waals surface area contributed by atoms with Crippen LogP contribution in [0.1, 0.15) is 5.69 Å². The van der Waals surface area contributed by atoms with Crippen molar-refractivity contribution < 1.29 is 4.39 Å². The molecule has 1 aromatic heterocycles. The van der Waals surface area contributed by atoms with E-state index in [1.807, 2.05) is 20.2 Å². The fourth-order valence-electron chi connectivity index (χ4n) is 1.77. The third-order valence-corrected chi connectivity index (χ3v) is 2.55. The molecule has 0 atom stereocenters. The largest absolute Gasteiger partial charge is 0.319 e. The summed E-state index contributed by atoms with van der Waals surface area (Å²) < 4.78 is 15.2. The van der Waals surface area contributed by atoms with Crippen LogP contribution < -0.4 is 5.32 Å². The summed E-state index contributed by atoms with van der Waals surface area (Å²) in [4.78, 5) is 0. The maximum Gasteiger partial charge on any atom is 0.151 e. The third-order valence-electron chi connectivity index (χ3n) is 2.55. The van der Waals surface area contributed by atoms with Gasteiger partial charge in [0.25, 0.3) is 0 Å². The van der Waals surface area contributed by atoms with E-state index in [4.69, 9.17) is 0 Å². The number of hydrogen-bond acceptors (Lipinski definition) is 2. The molecule has 0 spiro atoms. The first-order valence-corrected chi connectivity index (χ1v) is 4.98. The average Bonchev–Trinajstić information content (AvgIpc) is 2.54. The van der Waals surface area contributed by atoms with E-state index in [0.717, 1.165) is 24.0 Å². The fraction of sp³-hybridized carbons (Fsp3) is 0.364. The van der Waals surface area contributed by atoms with Gasteiger partial charge in [-0.1, -0.05) is 12.1 Å². The summed E-state index contributed by atoms with van der Waals surface area (Å²) in [5.74, 6) is -0.251. The third kappa shape index (κ3) is 1.72. The molecule has 1 N–H and O–H groups in total. The van der Waals surface area contributed by atoms with E-state index in [1.165, 1.54) is 6.07 Å². The Morgan fingerprint density at radius 3 is 3.00 bits per heavy atom. The summed E-state index contributed by atoms with van der Waals surface area (Å²) in [5.41, 5.74) is 1.53. The Balaban J connectivity index is 2.53. The molecule has 0 aliphatic carbocycles. The molecule has 0 fully saturated rings. The van der Waals surface area contributed by atoms with Gasteiger partial charge in [0.1, 0.15) is 5.52 Å². The highest BCUT2D eigenvalue weighted by atomic mass is 19.1. The lowest BCUT2D eigenvalue weighted by atomic mass is 10.1. The van der Waals surface area contributed by atoms with Crippen LogP contribution in [-0.4, -0.2) is 23.4 Å². The van der Waals surface area contributed by atoms with Crippen LogP contribution in [0.2, 0.25) is 0 Å². The number of halogens is 1. The highest BCUT2D eigenvalue weighted by Gasteiger charge is 2.10. The van der Waals surface area contributed by atoms with E-state index < -0.39 is 0 Å². The zero-order chi connectivity index (χ0) is 10.8. The van der Waals surface area contributed by atoms with Crippen LogP contribution in [-0.2, 0) is 13.5 Å². The second-order valence-corrected chi connectivity index (χ2v) is 3.56. The zero-order valence-electron chi connectivity index (χ0n) is 8.92. The van der Waals surface area contributed by atoms with E-state index in [2.05, 4.69) is 10.4 Å². The molecule has 0 aliphatic rings. The van der Waals surface area contributed by atoms with E-state index >= 15 is 0 Å². The number of aryl methyl sites for hydroxylation is 1. The van der Waals surface area contributed by atoms with Crippen LogP contribution in [0, 0.1) is 5.82 Å². The van der Waals surface area contributed by atoms with Crippen molar-refractivity contribution in [3.8, 4) is 0 Å². The van der Waals surface area contributed by atoms with Gasteiger partial charge in [-0.15, -0.1) is 0 Å². The van der Waals surface area contributed by atoms with Crippen LogP contribution in [0.25, 0.3) is 10.9 Å². The van der Waals surface area contributed by atoms with Gasteiger partial charge in [-0.05, 0) is 13.1 Å². The predicted octanol–water partition coefficient (Wildman–Crippen LogP) is 1.47. The number of hydrogen-bond donors (Lipinski definition) is 1. The van der Waals surface area contributed by atoms with Crippen molar-refractivity contribution in [2.75, 3.05) is 13.6 Å². The van der Waals surface area contributed by atoms with Gasteiger partial charge in [0.2, 0.25) is 0 Å². The Morgan fingerprint density at radius 2 is 2.27 bits per heavy atom. The Hall–Kier alpha value is -1.42. The lowest BCUT2D eigenvalue weighted by Crippen LogP contribution is -2.12. The highest BCUT2D eigenvalue weighted by molar-refractivity contribution is 5.82. The lowest BCUT2D eigenvalue weighted by Gasteiger charge is -2.01. The van der Waals surface area contributed by atoms with Crippen LogP contribution in [0.3, 0.4) is 0 Å². The smallest absolute Gasteiger partial charge is 0.151 e. The predicted molar refractivity (Wildman–Crippen MR) is 58.3 cm³/mol. The second-order valence-electron chi connectivity index (χ2n) is 3.56. The number of rotatable bonds is 3. The number of nitrogens with zero attached hydrogens (tertiary/aromatic N) is 2. The zero-order valence-corrected chi connectivity index (χ0v) is 8.92. The number of benzene rings is 1. The first-order chi connectivity index (χ1) is 7.24. The van der Waals surface area contributed by atoms with E-state index in [-0.39, 0.29) is 5.82 Å².